The van der Waals surface area contributed by atoms with E-state index in [2.05, 4.69) is 6.58 Å². The van der Waals surface area contributed by atoms with E-state index in [1.807, 2.05) is 30.3 Å². The summed E-state index contributed by atoms with van der Waals surface area (Å²) >= 11 is 0. The largest absolute Gasteiger partial charge is 0.489 e. The molecule has 2 aromatic rings. The normalized spacial score (nSPS) is 9.96. The highest BCUT2D eigenvalue weighted by Gasteiger charge is 2.18. The Morgan fingerprint density at radius 3 is 2.26 bits per heavy atom. The molecule has 0 fully saturated rings. The Hall–Kier alpha value is -2.88. The van der Waals surface area contributed by atoms with Gasteiger partial charge in [-0.25, -0.2) is 4.79 Å². The van der Waals surface area contributed by atoms with Crippen molar-refractivity contribution >= 4 is 11.8 Å². The molecule has 0 bridgehead atoms. The van der Waals surface area contributed by atoms with Gasteiger partial charge >= 0.3 is 5.97 Å². The molecule has 0 saturated heterocycles. The van der Waals surface area contributed by atoms with Gasteiger partial charge in [0.15, 0.2) is 5.78 Å². The Labute approximate surface area is 135 Å². The Bertz CT molecular complexity index is 687. The van der Waals surface area contributed by atoms with Crippen LogP contribution in [0.15, 0.2) is 66.7 Å². The lowest BCUT2D eigenvalue weighted by atomic mass is 10.0. The van der Waals surface area contributed by atoms with Crippen molar-refractivity contribution in [2.24, 2.45) is 0 Å². The smallest absolute Gasteiger partial charge is 0.341 e. The van der Waals surface area contributed by atoms with Crippen LogP contribution in [-0.4, -0.2) is 18.4 Å². The molecule has 4 nitrogen and oxygen atoms in total. The highest BCUT2D eigenvalue weighted by molar-refractivity contribution is 6.23. The zero-order valence-corrected chi connectivity index (χ0v) is 13.0. The van der Waals surface area contributed by atoms with Gasteiger partial charge in [-0.15, -0.1) is 0 Å². The van der Waals surface area contributed by atoms with E-state index in [0.29, 0.717) is 17.9 Å². The molecule has 2 rings (SSSR count). The van der Waals surface area contributed by atoms with Gasteiger partial charge in [-0.2, -0.15) is 0 Å². The van der Waals surface area contributed by atoms with Crippen molar-refractivity contribution in [3.05, 3.63) is 77.9 Å². The second-order valence-electron chi connectivity index (χ2n) is 4.83. The van der Waals surface area contributed by atoms with Gasteiger partial charge in [0.05, 0.1) is 6.61 Å². The van der Waals surface area contributed by atoms with Crippen molar-refractivity contribution in [2.45, 2.75) is 13.5 Å². The number of carbonyl (C=O) groups is 2. The van der Waals surface area contributed by atoms with E-state index in [0.717, 1.165) is 5.56 Å². The summed E-state index contributed by atoms with van der Waals surface area (Å²) in [6, 6.07) is 16.4. The van der Waals surface area contributed by atoms with Gasteiger partial charge < -0.3 is 9.47 Å². The number of benzene rings is 2. The third-order valence-electron chi connectivity index (χ3n) is 3.16. The van der Waals surface area contributed by atoms with Gasteiger partial charge in [-0.05, 0) is 36.8 Å². The molecule has 23 heavy (non-hydrogen) atoms. The second-order valence-corrected chi connectivity index (χ2v) is 4.83. The first-order valence-corrected chi connectivity index (χ1v) is 7.29. The molecule has 0 amide bonds. The topological polar surface area (TPSA) is 52.6 Å². The SMILES string of the molecule is C=C(C(=O)OCC)C(=O)c1ccc(OCc2ccccc2)cc1. The van der Waals surface area contributed by atoms with Crippen molar-refractivity contribution in [1.29, 1.82) is 0 Å². The first-order chi connectivity index (χ1) is 11.1. The van der Waals surface area contributed by atoms with Gasteiger partial charge in [0.2, 0.25) is 0 Å². The molecule has 0 atom stereocenters. The highest BCUT2D eigenvalue weighted by Crippen LogP contribution is 2.16. The lowest BCUT2D eigenvalue weighted by molar-refractivity contribution is -0.138. The third-order valence-corrected chi connectivity index (χ3v) is 3.16. The minimum absolute atomic E-state index is 0.176. The number of carbonyl (C=O) groups excluding carboxylic acids is 2. The van der Waals surface area contributed by atoms with Gasteiger partial charge in [0, 0.05) is 5.56 Å². The van der Waals surface area contributed by atoms with Crippen LogP contribution in [0.4, 0.5) is 0 Å². The molecular formula is C19H18O4. The number of ketones is 1. The molecule has 0 aromatic heterocycles. The van der Waals surface area contributed by atoms with Gasteiger partial charge in [-0.3, -0.25) is 4.79 Å². The molecule has 0 saturated carbocycles. The van der Waals surface area contributed by atoms with E-state index in [-0.39, 0.29) is 12.2 Å². The van der Waals surface area contributed by atoms with E-state index in [4.69, 9.17) is 9.47 Å². The van der Waals surface area contributed by atoms with Gasteiger partial charge in [0.1, 0.15) is 17.9 Å². The number of hydrogen-bond donors (Lipinski definition) is 0. The van der Waals surface area contributed by atoms with Crippen LogP contribution in [-0.2, 0) is 16.1 Å². The summed E-state index contributed by atoms with van der Waals surface area (Å²) in [4.78, 5) is 23.6. The standard InChI is InChI=1S/C19H18O4/c1-3-22-19(21)14(2)18(20)16-9-11-17(12-10-16)23-13-15-7-5-4-6-8-15/h4-12H,2-3,13H2,1H3. The Kier molecular flexibility index (Phi) is 5.69. The number of hydrogen-bond acceptors (Lipinski definition) is 4. The number of rotatable bonds is 7. The number of esters is 1. The molecule has 4 heteroatoms. The van der Waals surface area contributed by atoms with Crippen molar-refractivity contribution in [1.82, 2.24) is 0 Å². The average molecular weight is 310 g/mol. The summed E-state index contributed by atoms with van der Waals surface area (Å²) in [7, 11) is 0. The van der Waals surface area contributed by atoms with Crippen LogP contribution in [0, 0.1) is 0 Å². The molecule has 0 N–H and O–H groups in total. The predicted molar refractivity (Wildman–Crippen MR) is 87.3 cm³/mol. The van der Waals surface area contributed by atoms with E-state index in [1.54, 1.807) is 31.2 Å². The maximum atomic E-state index is 12.1. The minimum Gasteiger partial charge on any atom is -0.489 e. The Morgan fingerprint density at radius 1 is 1.00 bits per heavy atom. The molecule has 0 heterocycles. The second kappa shape index (κ2) is 7.94. The summed E-state index contributed by atoms with van der Waals surface area (Å²) < 4.78 is 10.4. The molecular weight excluding hydrogens is 292 g/mol. The summed E-state index contributed by atoms with van der Waals surface area (Å²) in [6.45, 7) is 5.82. The molecule has 2 aromatic carbocycles. The zero-order chi connectivity index (χ0) is 16.7. The van der Waals surface area contributed by atoms with Crippen LogP contribution in [0.5, 0.6) is 5.75 Å². The molecule has 0 spiro atoms. The van der Waals surface area contributed by atoms with Crippen LogP contribution in [0.3, 0.4) is 0 Å². The Balaban J connectivity index is 1.97. The third kappa shape index (κ3) is 4.54. The predicted octanol–water partition coefficient (Wildman–Crippen LogP) is 3.57. The van der Waals surface area contributed by atoms with Gasteiger partial charge in [-0.1, -0.05) is 36.9 Å². The number of ether oxygens (including phenoxy) is 2. The van der Waals surface area contributed by atoms with E-state index in [1.165, 1.54) is 0 Å². The Morgan fingerprint density at radius 2 is 1.65 bits per heavy atom. The first kappa shape index (κ1) is 16.5. The van der Waals surface area contributed by atoms with E-state index < -0.39 is 11.8 Å². The number of Topliss-reactive ketones (excluding diaryl/α,β-unsaturated/α-hetero) is 1. The molecule has 0 unspecified atom stereocenters. The quantitative estimate of drug-likeness (QED) is 0.258. The summed E-state index contributed by atoms with van der Waals surface area (Å²) in [6.07, 6.45) is 0. The molecule has 0 aliphatic rings. The first-order valence-electron chi connectivity index (χ1n) is 7.29. The highest BCUT2D eigenvalue weighted by atomic mass is 16.5. The average Bonchev–Trinajstić information content (AvgIpc) is 2.60. The summed E-state index contributed by atoms with van der Waals surface area (Å²) in [5.41, 5.74) is 1.25. The lowest BCUT2D eigenvalue weighted by Crippen LogP contribution is -2.15. The van der Waals surface area contributed by atoms with Crippen molar-refractivity contribution in [3.8, 4) is 5.75 Å². The van der Waals surface area contributed by atoms with Crippen molar-refractivity contribution < 1.29 is 19.1 Å². The fourth-order valence-electron chi connectivity index (χ4n) is 1.93. The van der Waals surface area contributed by atoms with Gasteiger partial charge in [0.25, 0.3) is 0 Å². The van der Waals surface area contributed by atoms with Crippen LogP contribution in [0.25, 0.3) is 0 Å². The van der Waals surface area contributed by atoms with Crippen LogP contribution >= 0.6 is 0 Å². The fraction of sp³-hybridized carbons (Fsp3) is 0.158. The maximum Gasteiger partial charge on any atom is 0.341 e. The summed E-state index contributed by atoms with van der Waals surface area (Å²) in [5, 5.41) is 0. The zero-order valence-electron chi connectivity index (χ0n) is 13.0. The van der Waals surface area contributed by atoms with E-state index in [9.17, 15) is 9.59 Å². The molecule has 0 aliphatic heterocycles. The summed E-state index contributed by atoms with van der Waals surface area (Å²) in [5.74, 6) is -0.493. The van der Waals surface area contributed by atoms with Crippen LogP contribution < -0.4 is 4.74 Å². The van der Waals surface area contributed by atoms with Crippen molar-refractivity contribution in [2.75, 3.05) is 6.61 Å². The molecule has 0 radical (unpaired) electrons. The minimum atomic E-state index is -0.693. The van der Waals surface area contributed by atoms with Crippen molar-refractivity contribution in [3.63, 3.8) is 0 Å². The molecule has 118 valence electrons. The van der Waals surface area contributed by atoms with Crippen LogP contribution in [0.1, 0.15) is 22.8 Å². The molecule has 0 aliphatic carbocycles. The fourth-order valence-corrected chi connectivity index (χ4v) is 1.93. The monoisotopic (exact) mass is 310 g/mol. The lowest BCUT2D eigenvalue weighted by Gasteiger charge is -2.08. The van der Waals surface area contributed by atoms with Crippen LogP contribution in [0.2, 0.25) is 0 Å². The van der Waals surface area contributed by atoms with E-state index >= 15 is 0 Å². The maximum absolute atomic E-state index is 12.1.